The number of carbonyl (C=O) groups is 1. The van der Waals surface area contributed by atoms with Crippen LogP contribution in [0.15, 0.2) is 30.6 Å². The zero-order valence-corrected chi connectivity index (χ0v) is 9.47. The van der Waals surface area contributed by atoms with Crippen molar-refractivity contribution in [3.8, 4) is 0 Å². The summed E-state index contributed by atoms with van der Waals surface area (Å²) in [7, 11) is 0. The maximum Gasteiger partial charge on any atom is 0.404 e. The molecule has 0 aliphatic carbocycles. The number of nitrogens with zero attached hydrogens (tertiary/aromatic N) is 2. The Morgan fingerprint density at radius 1 is 1.41 bits per heavy atom. The molecule has 17 heavy (non-hydrogen) atoms. The van der Waals surface area contributed by atoms with Gasteiger partial charge in [-0.25, -0.2) is 9.78 Å². The molecule has 5 nitrogen and oxygen atoms in total. The molecule has 2 heterocycles. The van der Waals surface area contributed by atoms with E-state index in [9.17, 15) is 4.79 Å². The summed E-state index contributed by atoms with van der Waals surface area (Å²) in [4.78, 5) is 14.6. The molecule has 2 aromatic heterocycles. The fraction of sp³-hybridized carbons (Fsp3) is 0.333. The minimum absolute atomic E-state index is 0.502. The van der Waals surface area contributed by atoms with E-state index >= 15 is 0 Å². The predicted molar refractivity (Wildman–Crippen MR) is 65.0 cm³/mol. The van der Waals surface area contributed by atoms with Gasteiger partial charge in [-0.15, -0.1) is 0 Å². The van der Waals surface area contributed by atoms with E-state index in [0.29, 0.717) is 6.54 Å². The number of aromatic nitrogens is 2. The molecule has 2 aromatic rings. The number of nitrogens with one attached hydrogen (secondary N) is 1. The first-order valence-electron chi connectivity index (χ1n) is 5.64. The van der Waals surface area contributed by atoms with Crippen LogP contribution in [-0.2, 0) is 6.54 Å². The number of aryl methyl sites for hydroxylation is 1. The summed E-state index contributed by atoms with van der Waals surface area (Å²) in [5, 5.41) is 11.9. The molecule has 0 aliphatic rings. The number of amides is 1. The third kappa shape index (κ3) is 2.96. The second-order valence-corrected chi connectivity index (χ2v) is 3.86. The second kappa shape index (κ2) is 5.34. The number of pyridine rings is 1. The lowest BCUT2D eigenvalue weighted by atomic mass is 10.3. The van der Waals surface area contributed by atoms with Crippen molar-refractivity contribution in [3.63, 3.8) is 0 Å². The van der Waals surface area contributed by atoms with Crippen LogP contribution >= 0.6 is 0 Å². The van der Waals surface area contributed by atoms with E-state index in [0.717, 1.165) is 30.4 Å². The summed E-state index contributed by atoms with van der Waals surface area (Å²) in [6.45, 7) is 1.36. The molecule has 2 N–H and O–H groups in total. The molecule has 0 spiro atoms. The van der Waals surface area contributed by atoms with Gasteiger partial charge in [0.25, 0.3) is 0 Å². The van der Waals surface area contributed by atoms with E-state index in [4.69, 9.17) is 5.11 Å². The third-order valence-corrected chi connectivity index (χ3v) is 2.62. The summed E-state index contributed by atoms with van der Waals surface area (Å²) >= 11 is 0. The highest BCUT2D eigenvalue weighted by Crippen LogP contribution is 2.12. The molecule has 0 saturated carbocycles. The van der Waals surface area contributed by atoms with Crippen LogP contribution in [0.25, 0.3) is 11.0 Å². The van der Waals surface area contributed by atoms with E-state index in [1.54, 1.807) is 6.20 Å². The monoisotopic (exact) mass is 233 g/mol. The van der Waals surface area contributed by atoms with Crippen molar-refractivity contribution in [2.75, 3.05) is 6.54 Å². The van der Waals surface area contributed by atoms with Gasteiger partial charge in [-0.2, -0.15) is 0 Å². The van der Waals surface area contributed by atoms with Crippen LogP contribution < -0.4 is 5.32 Å². The van der Waals surface area contributed by atoms with Crippen LogP contribution in [0.3, 0.4) is 0 Å². The van der Waals surface area contributed by atoms with Gasteiger partial charge in [0, 0.05) is 30.9 Å². The molecule has 1 amide bonds. The van der Waals surface area contributed by atoms with Crippen molar-refractivity contribution in [1.82, 2.24) is 14.9 Å². The van der Waals surface area contributed by atoms with Crippen LogP contribution in [-0.4, -0.2) is 27.3 Å². The molecule has 90 valence electrons. The lowest BCUT2D eigenvalue weighted by Crippen LogP contribution is -2.21. The summed E-state index contributed by atoms with van der Waals surface area (Å²) in [6, 6.07) is 5.99. The zero-order chi connectivity index (χ0) is 12.1. The number of rotatable bonds is 5. The molecule has 0 saturated heterocycles. The van der Waals surface area contributed by atoms with Crippen molar-refractivity contribution in [1.29, 1.82) is 0 Å². The van der Waals surface area contributed by atoms with Crippen LogP contribution in [0.4, 0.5) is 4.79 Å². The van der Waals surface area contributed by atoms with Gasteiger partial charge >= 0.3 is 6.09 Å². The standard InChI is InChI=1S/C12H15N3O2/c16-12(17)14-6-1-2-8-15-9-5-10-4-3-7-13-11(10)15/h3-5,7,9,14H,1-2,6,8H2,(H,16,17). The Hall–Kier alpha value is -2.04. The Balaban J connectivity index is 1.85. The lowest BCUT2D eigenvalue weighted by Gasteiger charge is -2.04. The third-order valence-electron chi connectivity index (χ3n) is 2.62. The average molecular weight is 233 g/mol. The van der Waals surface area contributed by atoms with Gasteiger partial charge in [0.15, 0.2) is 0 Å². The summed E-state index contributed by atoms with van der Waals surface area (Å²) in [5.74, 6) is 0. The van der Waals surface area contributed by atoms with Gasteiger partial charge in [-0.05, 0) is 31.0 Å². The molecule has 0 aromatic carbocycles. The smallest absolute Gasteiger partial charge is 0.404 e. The van der Waals surface area contributed by atoms with Gasteiger partial charge in [0.2, 0.25) is 0 Å². The average Bonchev–Trinajstić information content (AvgIpc) is 2.72. The van der Waals surface area contributed by atoms with E-state index in [2.05, 4.69) is 14.9 Å². The van der Waals surface area contributed by atoms with Crippen molar-refractivity contribution in [3.05, 3.63) is 30.6 Å². The van der Waals surface area contributed by atoms with E-state index in [1.165, 1.54) is 0 Å². The largest absolute Gasteiger partial charge is 0.465 e. The normalized spacial score (nSPS) is 10.6. The maximum absolute atomic E-state index is 10.2. The molecular formula is C12H15N3O2. The molecule has 2 rings (SSSR count). The predicted octanol–water partition coefficient (Wildman–Crippen LogP) is 2.08. The van der Waals surface area contributed by atoms with Crippen LogP contribution in [0, 0.1) is 0 Å². The summed E-state index contributed by atoms with van der Waals surface area (Å²) in [6.07, 6.45) is 4.60. The first-order valence-corrected chi connectivity index (χ1v) is 5.64. The molecular weight excluding hydrogens is 218 g/mol. The molecule has 0 fully saturated rings. The Labute approximate surface area is 99.1 Å². The molecule has 0 atom stereocenters. The highest BCUT2D eigenvalue weighted by molar-refractivity contribution is 5.75. The topological polar surface area (TPSA) is 67.2 Å². The van der Waals surface area contributed by atoms with E-state index in [-0.39, 0.29) is 0 Å². The zero-order valence-electron chi connectivity index (χ0n) is 9.47. The van der Waals surface area contributed by atoms with Crippen molar-refractivity contribution >= 4 is 17.1 Å². The van der Waals surface area contributed by atoms with Gasteiger partial charge in [0.1, 0.15) is 5.65 Å². The molecule has 0 unspecified atom stereocenters. The minimum Gasteiger partial charge on any atom is -0.465 e. The van der Waals surface area contributed by atoms with E-state index < -0.39 is 6.09 Å². The fourth-order valence-electron chi connectivity index (χ4n) is 1.80. The minimum atomic E-state index is -0.960. The lowest BCUT2D eigenvalue weighted by molar-refractivity contribution is 0.194. The highest BCUT2D eigenvalue weighted by Gasteiger charge is 2.00. The Morgan fingerprint density at radius 2 is 2.29 bits per heavy atom. The quantitative estimate of drug-likeness (QED) is 0.777. The maximum atomic E-state index is 10.2. The van der Waals surface area contributed by atoms with Crippen molar-refractivity contribution in [2.45, 2.75) is 19.4 Å². The number of carboxylic acid groups (broad SMARTS) is 1. The van der Waals surface area contributed by atoms with Crippen molar-refractivity contribution in [2.24, 2.45) is 0 Å². The Kier molecular flexibility index (Phi) is 3.59. The SMILES string of the molecule is O=C(O)NCCCCn1ccc2cccnc21. The van der Waals surface area contributed by atoms with Gasteiger partial charge < -0.3 is 15.0 Å². The van der Waals surface area contributed by atoms with Gasteiger partial charge in [-0.1, -0.05) is 0 Å². The summed E-state index contributed by atoms with van der Waals surface area (Å²) < 4.78 is 2.09. The van der Waals surface area contributed by atoms with Gasteiger partial charge in [-0.3, -0.25) is 0 Å². The number of hydrogen-bond acceptors (Lipinski definition) is 2. The molecule has 5 heteroatoms. The first-order chi connectivity index (χ1) is 8.27. The Morgan fingerprint density at radius 3 is 3.12 bits per heavy atom. The number of fused-ring (bicyclic) bond motifs is 1. The van der Waals surface area contributed by atoms with Gasteiger partial charge in [0.05, 0.1) is 0 Å². The van der Waals surface area contributed by atoms with Crippen molar-refractivity contribution < 1.29 is 9.90 Å². The van der Waals surface area contributed by atoms with Crippen LogP contribution in [0.2, 0.25) is 0 Å². The highest BCUT2D eigenvalue weighted by atomic mass is 16.4. The second-order valence-electron chi connectivity index (χ2n) is 3.86. The molecule has 0 aliphatic heterocycles. The summed E-state index contributed by atoms with van der Waals surface area (Å²) in [5.41, 5.74) is 0.985. The Bertz CT molecular complexity index is 507. The van der Waals surface area contributed by atoms with Crippen LogP contribution in [0.5, 0.6) is 0 Å². The first kappa shape index (κ1) is 11.4. The van der Waals surface area contributed by atoms with E-state index in [1.807, 2.05) is 24.4 Å². The molecule has 0 radical (unpaired) electrons. The fourth-order valence-corrected chi connectivity index (χ4v) is 1.80. The number of unbranched alkanes of at least 4 members (excludes halogenated alkanes) is 1. The van der Waals surface area contributed by atoms with Crippen LogP contribution in [0.1, 0.15) is 12.8 Å². The number of hydrogen-bond donors (Lipinski definition) is 2. The molecule has 0 bridgehead atoms.